The van der Waals surface area contributed by atoms with Crippen LogP contribution in [0, 0.1) is 5.41 Å². The number of benzene rings is 1. The monoisotopic (exact) mass is 264 g/mol. The number of methoxy groups -OCH3 is 1. The van der Waals surface area contributed by atoms with Crippen LogP contribution in [-0.4, -0.2) is 24.8 Å². The van der Waals surface area contributed by atoms with Crippen molar-refractivity contribution in [1.29, 1.82) is 0 Å². The molecule has 0 unspecified atom stereocenters. The molecule has 0 aliphatic heterocycles. The first-order valence-corrected chi connectivity index (χ1v) is 6.07. The van der Waals surface area contributed by atoms with Crippen LogP contribution in [0.2, 0.25) is 0 Å². The first-order chi connectivity index (χ1) is 8.95. The molecule has 0 aromatic heterocycles. The largest absolute Gasteiger partial charge is 0.497 e. The summed E-state index contributed by atoms with van der Waals surface area (Å²) in [5.41, 5.74) is 0.190. The van der Waals surface area contributed by atoms with Crippen LogP contribution in [0.3, 0.4) is 0 Å². The van der Waals surface area contributed by atoms with Crippen LogP contribution in [0.25, 0.3) is 0 Å². The van der Waals surface area contributed by atoms with E-state index >= 15 is 0 Å². The summed E-state index contributed by atoms with van der Waals surface area (Å²) in [6, 6.07) is 7.62. The van der Waals surface area contributed by atoms with Crippen molar-refractivity contribution in [3.05, 3.63) is 42.0 Å². The van der Waals surface area contributed by atoms with E-state index in [2.05, 4.69) is 0 Å². The van der Waals surface area contributed by atoms with Crippen molar-refractivity contribution >= 4 is 5.97 Å². The Labute approximate surface area is 113 Å². The van der Waals surface area contributed by atoms with E-state index in [0.29, 0.717) is 13.2 Å². The Morgan fingerprint density at radius 2 is 1.95 bits per heavy atom. The highest BCUT2D eigenvalue weighted by Crippen LogP contribution is 2.16. The fraction of sp³-hybridized carbons (Fsp3) is 0.400. The maximum Gasteiger partial charge on any atom is 0.312 e. The van der Waals surface area contributed by atoms with Crippen LogP contribution in [0.4, 0.5) is 0 Å². The number of ether oxygens (including phenoxy) is 2. The van der Waals surface area contributed by atoms with Crippen molar-refractivity contribution in [1.82, 2.24) is 0 Å². The fourth-order valence-corrected chi connectivity index (χ4v) is 1.38. The SMILES string of the molecule is COc1ccc(COC/C=C/C(C)(C)C(=O)O)cc1. The van der Waals surface area contributed by atoms with E-state index in [1.807, 2.05) is 24.3 Å². The molecule has 19 heavy (non-hydrogen) atoms. The van der Waals surface area contributed by atoms with Crippen LogP contribution in [-0.2, 0) is 16.1 Å². The van der Waals surface area contributed by atoms with Gasteiger partial charge in [0.1, 0.15) is 5.75 Å². The highest BCUT2D eigenvalue weighted by atomic mass is 16.5. The molecule has 104 valence electrons. The van der Waals surface area contributed by atoms with Crippen molar-refractivity contribution in [2.24, 2.45) is 5.41 Å². The van der Waals surface area contributed by atoms with Gasteiger partial charge in [-0.3, -0.25) is 4.79 Å². The third-order valence-electron chi connectivity index (χ3n) is 2.73. The average molecular weight is 264 g/mol. The van der Waals surface area contributed by atoms with E-state index in [9.17, 15) is 4.79 Å². The smallest absolute Gasteiger partial charge is 0.312 e. The Kier molecular flexibility index (Phi) is 5.57. The molecular weight excluding hydrogens is 244 g/mol. The molecule has 0 aliphatic carbocycles. The molecule has 1 aromatic rings. The normalized spacial score (nSPS) is 11.7. The van der Waals surface area contributed by atoms with Gasteiger partial charge in [0.2, 0.25) is 0 Å². The van der Waals surface area contributed by atoms with Crippen LogP contribution >= 0.6 is 0 Å². The molecule has 0 fully saturated rings. The van der Waals surface area contributed by atoms with E-state index in [4.69, 9.17) is 14.6 Å². The third-order valence-corrected chi connectivity index (χ3v) is 2.73. The van der Waals surface area contributed by atoms with Crippen LogP contribution < -0.4 is 4.74 Å². The molecule has 1 N–H and O–H groups in total. The first kappa shape index (κ1) is 15.2. The maximum absolute atomic E-state index is 10.9. The number of aliphatic carboxylic acids is 1. The molecule has 4 heteroatoms. The molecule has 1 rings (SSSR count). The summed E-state index contributed by atoms with van der Waals surface area (Å²) in [7, 11) is 1.63. The summed E-state index contributed by atoms with van der Waals surface area (Å²) in [5, 5.41) is 8.92. The summed E-state index contributed by atoms with van der Waals surface area (Å²) < 4.78 is 10.5. The maximum atomic E-state index is 10.9. The lowest BCUT2D eigenvalue weighted by molar-refractivity contribution is -0.144. The fourth-order valence-electron chi connectivity index (χ4n) is 1.38. The van der Waals surface area contributed by atoms with Crippen molar-refractivity contribution < 1.29 is 19.4 Å². The number of hydrogen-bond donors (Lipinski definition) is 1. The van der Waals surface area contributed by atoms with Gasteiger partial charge >= 0.3 is 5.97 Å². The van der Waals surface area contributed by atoms with Gasteiger partial charge in [-0.2, -0.15) is 0 Å². The number of carboxylic acid groups (broad SMARTS) is 1. The van der Waals surface area contributed by atoms with Gasteiger partial charge in [0, 0.05) is 0 Å². The van der Waals surface area contributed by atoms with E-state index in [0.717, 1.165) is 11.3 Å². The highest BCUT2D eigenvalue weighted by molar-refractivity contribution is 5.75. The summed E-state index contributed by atoms with van der Waals surface area (Å²) in [6.07, 6.45) is 3.38. The zero-order valence-electron chi connectivity index (χ0n) is 11.6. The molecule has 0 atom stereocenters. The van der Waals surface area contributed by atoms with Crippen LogP contribution in [0.1, 0.15) is 19.4 Å². The Morgan fingerprint density at radius 1 is 1.32 bits per heavy atom. The lowest BCUT2D eigenvalue weighted by Crippen LogP contribution is -2.20. The average Bonchev–Trinajstić information content (AvgIpc) is 2.38. The minimum Gasteiger partial charge on any atom is -0.497 e. The molecule has 4 nitrogen and oxygen atoms in total. The zero-order chi connectivity index (χ0) is 14.3. The Morgan fingerprint density at radius 3 is 2.47 bits per heavy atom. The van der Waals surface area contributed by atoms with Gasteiger partial charge in [-0.1, -0.05) is 24.3 Å². The Balaban J connectivity index is 2.34. The number of rotatable bonds is 7. The number of carbonyl (C=O) groups is 1. The summed E-state index contributed by atoms with van der Waals surface area (Å²) in [4.78, 5) is 10.9. The Hall–Kier alpha value is -1.81. The standard InChI is InChI=1S/C15H20O4/c1-15(2,14(16)17)9-4-10-19-11-12-5-7-13(18-3)8-6-12/h4-9H,10-11H2,1-3H3,(H,16,17)/b9-4+. The second-order valence-electron chi connectivity index (χ2n) is 4.79. The molecule has 0 heterocycles. The molecule has 0 aliphatic rings. The molecular formula is C15H20O4. The summed E-state index contributed by atoms with van der Waals surface area (Å²) >= 11 is 0. The summed E-state index contributed by atoms with van der Waals surface area (Å²) in [5.74, 6) is -0.0363. The molecule has 1 aromatic carbocycles. The van der Waals surface area contributed by atoms with Crippen molar-refractivity contribution in [2.75, 3.05) is 13.7 Å². The molecule has 0 spiro atoms. The van der Waals surface area contributed by atoms with Gasteiger partial charge in [-0.25, -0.2) is 0 Å². The second-order valence-corrected chi connectivity index (χ2v) is 4.79. The van der Waals surface area contributed by atoms with Crippen molar-refractivity contribution in [3.8, 4) is 5.75 Å². The first-order valence-electron chi connectivity index (χ1n) is 6.07. The lowest BCUT2D eigenvalue weighted by Gasteiger charge is -2.12. The second kappa shape index (κ2) is 6.95. The van der Waals surface area contributed by atoms with E-state index in [-0.39, 0.29) is 0 Å². The predicted octanol–water partition coefficient (Wildman–Crippen LogP) is 2.88. The van der Waals surface area contributed by atoms with Gasteiger partial charge in [0.15, 0.2) is 0 Å². The molecule has 0 bridgehead atoms. The quantitative estimate of drug-likeness (QED) is 0.607. The molecule has 0 saturated carbocycles. The zero-order valence-corrected chi connectivity index (χ0v) is 11.6. The van der Waals surface area contributed by atoms with Crippen LogP contribution in [0.5, 0.6) is 5.75 Å². The lowest BCUT2D eigenvalue weighted by atomic mass is 9.93. The number of hydrogen-bond acceptors (Lipinski definition) is 3. The van der Waals surface area contributed by atoms with Crippen molar-refractivity contribution in [3.63, 3.8) is 0 Å². The molecule has 0 saturated heterocycles. The third kappa shape index (κ3) is 5.14. The highest BCUT2D eigenvalue weighted by Gasteiger charge is 2.22. The van der Waals surface area contributed by atoms with Gasteiger partial charge in [0.05, 0.1) is 25.7 Å². The van der Waals surface area contributed by atoms with Gasteiger partial charge in [0.25, 0.3) is 0 Å². The van der Waals surface area contributed by atoms with E-state index < -0.39 is 11.4 Å². The minimum absolute atomic E-state index is 0.392. The number of carboxylic acids is 1. The van der Waals surface area contributed by atoms with Crippen LogP contribution in [0.15, 0.2) is 36.4 Å². The van der Waals surface area contributed by atoms with Crippen molar-refractivity contribution in [2.45, 2.75) is 20.5 Å². The Bertz CT molecular complexity index is 432. The van der Waals surface area contributed by atoms with E-state index in [1.54, 1.807) is 33.1 Å². The molecule has 0 amide bonds. The predicted molar refractivity (Wildman–Crippen MR) is 73.2 cm³/mol. The minimum atomic E-state index is -0.858. The topological polar surface area (TPSA) is 55.8 Å². The van der Waals surface area contributed by atoms with Gasteiger partial charge < -0.3 is 14.6 Å². The molecule has 0 radical (unpaired) electrons. The van der Waals surface area contributed by atoms with Gasteiger partial charge in [-0.15, -0.1) is 0 Å². The van der Waals surface area contributed by atoms with E-state index in [1.165, 1.54) is 0 Å². The van der Waals surface area contributed by atoms with Gasteiger partial charge in [-0.05, 0) is 31.5 Å². The summed E-state index contributed by atoms with van der Waals surface area (Å²) in [6.45, 7) is 4.18.